The summed E-state index contributed by atoms with van der Waals surface area (Å²) in [6, 6.07) is 3.67. The highest BCUT2D eigenvalue weighted by Crippen LogP contribution is 2.33. The summed E-state index contributed by atoms with van der Waals surface area (Å²) in [5.74, 6) is -3.21. The highest BCUT2D eigenvalue weighted by molar-refractivity contribution is 7.80. The molecule has 0 radical (unpaired) electrons. The Morgan fingerprint density at radius 1 is 1.33 bits per heavy atom. The highest BCUT2D eigenvalue weighted by Gasteiger charge is 2.58. The van der Waals surface area contributed by atoms with Crippen LogP contribution >= 0.6 is 11.3 Å². The van der Waals surface area contributed by atoms with Gasteiger partial charge >= 0.3 is 16.4 Å². The van der Waals surface area contributed by atoms with Crippen molar-refractivity contribution < 1.29 is 56.1 Å². The summed E-state index contributed by atoms with van der Waals surface area (Å²) in [7, 11) is -3.22. The fraction of sp³-hybridized carbons (Fsp3) is 0.417. The maximum absolute atomic E-state index is 13.2. The minimum absolute atomic E-state index is 0.0477. The van der Waals surface area contributed by atoms with E-state index in [1.807, 2.05) is 4.68 Å². The standard InChI is InChI=1S/C24H30N8O11S2/c1-24(2)19(21(35)32(24)43-45(38,39)40)28-20(34)18(15-11-44-23(26)27-15)29-42-17(22(36)37)10-41-14-4-5-16-12(6-14)8-31(30(16)3)9-13(33)7-25/h4-6,8,11,13,17,19,33H,7,9-10,25H2,1-3H3,(H4-,26,27,28,34,36,37,38,39,40)/p+1/b29-18-/t13-,17+,19-/m1/s1. The Balaban J connectivity index is 1.49. The van der Waals surface area contributed by atoms with E-state index in [0.717, 1.165) is 22.2 Å². The zero-order valence-corrected chi connectivity index (χ0v) is 25.7. The molecule has 1 aliphatic heterocycles. The van der Waals surface area contributed by atoms with Gasteiger partial charge < -0.3 is 36.6 Å². The molecule has 45 heavy (non-hydrogen) atoms. The number of carboxylic acids is 1. The molecule has 1 aromatic carbocycles. The highest BCUT2D eigenvalue weighted by atomic mass is 32.3. The first-order valence-electron chi connectivity index (χ1n) is 13.0. The number of hydroxylamine groups is 2. The van der Waals surface area contributed by atoms with E-state index in [-0.39, 0.29) is 23.9 Å². The quantitative estimate of drug-likeness (QED) is 0.0353. The van der Waals surface area contributed by atoms with E-state index in [2.05, 4.69) is 19.7 Å². The summed E-state index contributed by atoms with van der Waals surface area (Å²) < 4.78 is 44.6. The zero-order chi connectivity index (χ0) is 33.3. The first kappa shape index (κ1) is 33.5. The Hall–Kier alpha value is -4.41. The molecule has 0 spiro atoms. The summed E-state index contributed by atoms with van der Waals surface area (Å²) in [6.07, 6.45) is -0.686. The van der Waals surface area contributed by atoms with Gasteiger partial charge in [0.1, 0.15) is 35.7 Å². The number of aliphatic hydroxyl groups is 1. The van der Waals surface area contributed by atoms with Crippen molar-refractivity contribution >= 4 is 61.3 Å². The van der Waals surface area contributed by atoms with Crippen molar-refractivity contribution in [1.29, 1.82) is 0 Å². The van der Waals surface area contributed by atoms with Crippen LogP contribution in [-0.2, 0) is 47.5 Å². The number of anilines is 1. The number of nitrogens with one attached hydrogen (secondary N) is 1. The lowest BCUT2D eigenvalue weighted by Crippen LogP contribution is -2.76. The number of oxime groups is 1. The van der Waals surface area contributed by atoms with Crippen LogP contribution in [0.5, 0.6) is 5.75 Å². The number of hydrogen-bond acceptors (Lipinski definition) is 14. The number of aliphatic hydroxyl groups excluding tert-OH is 1. The van der Waals surface area contributed by atoms with E-state index < -0.39 is 64.3 Å². The Labute approximate surface area is 259 Å². The molecule has 2 aromatic heterocycles. The number of carbonyl (C=O) groups excluding carboxylic acids is 2. The van der Waals surface area contributed by atoms with Gasteiger partial charge in [0.05, 0.1) is 18.0 Å². The predicted molar refractivity (Wildman–Crippen MR) is 155 cm³/mol. The van der Waals surface area contributed by atoms with Crippen LogP contribution in [0.3, 0.4) is 0 Å². The Kier molecular flexibility index (Phi) is 9.60. The van der Waals surface area contributed by atoms with E-state index in [9.17, 15) is 33.0 Å². The normalized spacial score (nSPS) is 17.9. The molecule has 4 rings (SSSR count). The Bertz CT molecular complexity index is 1750. The second-order valence-electron chi connectivity index (χ2n) is 10.3. The molecule has 2 amide bonds. The molecular weight excluding hydrogens is 640 g/mol. The van der Waals surface area contributed by atoms with Crippen molar-refractivity contribution in [3.8, 4) is 5.75 Å². The van der Waals surface area contributed by atoms with Crippen LogP contribution in [0.1, 0.15) is 19.5 Å². The molecule has 0 bridgehead atoms. The smallest absolute Gasteiger partial charge is 0.418 e. The molecule has 0 unspecified atom stereocenters. The fourth-order valence-electron chi connectivity index (χ4n) is 4.33. The van der Waals surface area contributed by atoms with Crippen molar-refractivity contribution in [2.75, 3.05) is 18.9 Å². The van der Waals surface area contributed by atoms with Crippen LogP contribution in [0.25, 0.3) is 10.9 Å². The third kappa shape index (κ3) is 7.46. The van der Waals surface area contributed by atoms with Crippen LogP contribution < -0.4 is 26.2 Å². The summed E-state index contributed by atoms with van der Waals surface area (Å²) >= 11 is 0.948. The second kappa shape index (κ2) is 12.9. The third-order valence-corrected chi connectivity index (χ3v) is 7.75. The number of benzene rings is 1. The molecule has 19 nitrogen and oxygen atoms in total. The van der Waals surface area contributed by atoms with Crippen LogP contribution in [0, 0.1) is 0 Å². The molecule has 244 valence electrons. The summed E-state index contributed by atoms with van der Waals surface area (Å²) in [5.41, 5.74) is 9.92. The molecule has 1 aliphatic rings. The van der Waals surface area contributed by atoms with Crippen molar-refractivity contribution in [2.24, 2.45) is 17.9 Å². The number of rotatable bonds is 14. The molecule has 0 aliphatic carbocycles. The van der Waals surface area contributed by atoms with Crippen LogP contribution in [0.15, 0.2) is 34.9 Å². The van der Waals surface area contributed by atoms with Crippen LogP contribution in [-0.4, -0.2) is 98.3 Å². The fourth-order valence-corrected chi connectivity index (χ4v) is 5.33. The number of thiazole rings is 1. The van der Waals surface area contributed by atoms with E-state index in [0.29, 0.717) is 10.8 Å². The maximum atomic E-state index is 13.2. The van der Waals surface area contributed by atoms with Crippen molar-refractivity contribution in [1.82, 2.24) is 20.0 Å². The molecule has 1 fully saturated rings. The second-order valence-corrected chi connectivity index (χ2v) is 12.2. The number of amides is 2. The predicted octanol–water partition coefficient (Wildman–Crippen LogP) is -2.08. The van der Waals surface area contributed by atoms with Gasteiger partial charge in [0.15, 0.2) is 17.4 Å². The van der Waals surface area contributed by atoms with E-state index in [1.165, 1.54) is 19.2 Å². The number of β-lactam (4-membered cyclic amide) rings is 1. The molecule has 3 aromatic rings. The average Bonchev–Trinajstić information content (AvgIpc) is 3.53. The largest absolute Gasteiger partial charge is 0.489 e. The third-order valence-electron chi connectivity index (χ3n) is 6.74. The molecule has 0 saturated carbocycles. The van der Waals surface area contributed by atoms with Crippen molar-refractivity contribution in [3.05, 3.63) is 35.5 Å². The van der Waals surface area contributed by atoms with Gasteiger partial charge in [-0.25, -0.2) is 9.78 Å². The molecular formula is C24H31N8O11S2+. The first-order valence-corrected chi connectivity index (χ1v) is 15.3. The number of nitrogens with two attached hydrogens (primary N) is 2. The van der Waals surface area contributed by atoms with Gasteiger partial charge in [-0.3, -0.25) is 14.1 Å². The molecule has 3 atom stereocenters. The number of aromatic nitrogens is 3. The molecule has 1 saturated heterocycles. The number of aryl methyl sites for hydroxylation is 1. The SMILES string of the molecule is Cn1c2ccc(OC[C@H](O/N=C(\C(=O)N[C@@H]3C(=O)N(OS(=O)(=O)O)C3(C)C)c3csc(N)n3)C(=O)O)cc2c[n+]1C[C@H](O)CN. The van der Waals surface area contributed by atoms with Gasteiger partial charge in [-0.15, -0.1) is 20.3 Å². The minimum Gasteiger partial charge on any atom is -0.489 e. The summed E-state index contributed by atoms with van der Waals surface area (Å²) in [4.78, 5) is 46.8. The van der Waals surface area contributed by atoms with Crippen LogP contribution in [0.4, 0.5) is 5.13 Å². The van der Waals surface area contributed by atoms with Crippen molar-refractivity contribution in [3.63, 3.8) is 0 Å². The number of fused-ring (bicyclic) bond motifs is 1. The van der Waals surface area contributed by atoms with Gasteiger partial charge in [0.2, 0.25) is 6.20 Å². The van der Waals surface area contributed by atoms with Crippen molar-refractivity contribution in [2.45, 2.75) is 44.2 Å². The molecule has 3 heterocycles. The molecule has 8 N–H and O–H groups in total. The monoisotopic (exact) mass is 671 g/mol. The van der Waals surface area contributed by atoms with Gasteiger partial charge in [0.25, 0.3) is 17.9 Å². The van der Waals surface area contributed by atoms with Crippen LogP contribution in [0.2, 0.25) is 0 Å². The van der Waals surface area contributed by atoms with Gasteiger partial charge in [-0.2, -0.15) is 18.2 Å². The topological polar surface area (TPSA) is 275 Å². The summed E-state index contributed by atoms with van der Waals surface area (Å²) in [5, 5.41) is 28.2. The lowest BCUT2D eigenvalue weighted by molar-refractivity contribution is -0.775. The number of hydrogen-bond donors (Lipinski definition) is 6. The maximum Gasteiger partial charge on any atom is 0.418 e. The number of nitrogens with zero attached hydrogens (tertiary/aromatic N) is 5. The first-order chi connectivity index (χ1) is 21.0. The van der Waals surface area contributed by atoms with Gasteiger partial charge in [-0.05, 0) is 32.0 Å². The minimum atomic E-state index is -5.02. The van der Waals surface area contributed by atoms with E-state index >= 15 is 0 Å². The number of nitrogen functional groups attached to an aromatic ring is 1. The van der Waals surface area contributed by atoms with Gasteiger partial charge in [-0.1, -0.05) is 5.16 Å². The Morgan fingerprint density at radius 2 is 2.04 bits per heavy atom. The lowest BCUT2D eigenvalue weighted by Gasteiger charge is -2.50. The Morgan fingerprint density at radius 3 is 2.62 bits per heavy atom. The number of carbonyl (C=O) groups is 3. The molecule has 21 heteroatoms. The zero-order valence-electron chi connectivity index (χ0n) is 24.1. The van der Waals surface area contributed by atoms with E-state index in [1.54, 1.807) is 36.1 Å². The number of aliphatic carboxylic acids is 1. The lowest BCUT2D eigenvalue weighted by atomic mass is 9.84. The number of carboxylic acid groups (broad SMARTS) is 1. The summed E-state index contributed by atoms with van der Waals surface area (Å²) in [6.45, 7) is 2.52. The average molecular weight is 672 g/mol. The number of ether oxygens (including phenoxy) is 1. The van der Waals surface area contributed by atoms with Gasteiger partial charge in [0, 0.05) is 11.9 Å². The van der Waals surface area contributed by atoms with E-state index in [4.69, 9.17) is 25.6 Å².